The molecule has 0 spiro atoms. The second kappa shape index (κ2) is 12.7. The Morgan fingerprint density at radius 1 is 1.21 bits per heavy atom. The molecule has 0 bridgehead atoms. The summed E-state index contributed by atoms with van der Waals surface area (Å²) in [6.45, 7) is 3.95. The Hall–Kier alpha value is -1.69. The number of allylic oxidation sites excluding steroid dienone is 2. The maximum Gasteiger partial charge on any atom is 0.350 e. The first kappa shape index (κ1) is 25.9. The topological polar surface area (TPSA) is 46.6 Å². The number of alkyl halides is 1. The highest BCUT2D eigenvalue weighted by Crippen LogP contribution is 2.41. The Morgan fingerprint density at radius 2 is 1.97 bits per heavy atom. The van der Waals surface area contributed by atoms with Crippen LogP contribution < -0.4 is 4.90 Å². The molecule has 0 aliphatic heterocycles. The van der Waals surface area contributed by atoms with Gasteiger partial charge in [-0.2, -0.15) is 0 Å². The number of hydrogen-bond acceptors (Lipinski definition) is 4. The Labute approximate surface area is 202 Å². The average molecular weight is 478 g/mol. The molecule has 1 fully saturated rings. The van der Waals surface area contributed by atoms with E-state index in [1.54, 1.807) is 0 Å². The second-order valence-electron chi connectivity index (χ2n) is 9.73. The molecule has 1 unspecified atom stereocenters. The molecule has 2 aliphatic rings. The fourth-order valence-electron chi connectivity index (χ4n) is 5.27. The number of methoxy groups -OCH3 is 1. The lowest BCUT2D eigenvalue weighted by molar-refractivity contribution is -0.124. The SMILES string of the molecule is CCCC(CCCF)N(C(=O)C1CCC(C)CC1)c1cc(C2=CCCCC2)sc1C(=O)OC. The van der Waals surface area contributed by atoms with Gasteiger partial charge in [0.15, 0.2) is 0 Å². The van der Waals surface area contributed by atoms with Crippen LogP contribution in [0.1, 0.15) is 105 Å². The molecule has 184 valence electrons. The van der Waals surface area contributed by atoms with Gasteiger partial charge < -0.3 is 9.64 Å². The highest BCUT2D eigenvalue weighted by Gasteiger charge is 2.36. The molecule has 3 rings (SSSR count). The van der Waals surface area contributed by atoms with E-state index in [9.17, 15) is 14.0 Å². The number of carbonyl (C=O) groups is 2. The van der Waals surface area contributed by atoms with Crippen molar-refractivity contribution in [2.24, 2.45) is 11.8 Å². The smallest absolute Gasteiger partial charge is 0.350 e. The van der Waals surface area contributed by atoms with Crippen molar-refractivity contribution in [3.05, 3.63) is 21.9 Å². The van der Waals surface area contributed by atoms with Crippen LogP contribution in [0.2, 0.25) is 0 Å². The molecule has 1 aromatic rings. The van der Waals surface area contributed by atoms with E-state index >= 15 is 0 Å². The zero-order chi connectivity index (χ0) is 23.8. The summed E-state index contributed by atoms with van der Waals surface area (Å²) in [7, 11) is 1.40. The Bertz CT molecular complexity index is 825. The number of carbonyl (C=O) groups excluding carboxylic acids is 2. The maximum atomic E-state index is 14.0. The summed E-state index contributed by atoms with van der Waals surface area (Å²) < 4.78 is 18.3. The molecule has 0 N–H and O–H groups in total. The third-order valence-corrected chi connectivity index (χ3v) is 8.39. The molecule has 2 aliphatic carbocycles. The number of anilines is 1. The molecule has 1 amide bonds. The van der Waals surface area contributed by atoms with E-state index in [0.717, 1.165) is 62.7 Å². The number of nitrogens with zero attached hydrogens (tertiary/aromatic N) is 1. The van der Waals surface area contributed by atoms with E-state index in [0.29, 0.717) is 29.3 Å². The van der Waals surface area contributed by atoms with E-state index in [-0.39, 0.29) is 17.9 Å². The first-order valence-corrected chi connectivity index (χ1v) is 13.6. The molecule has 33 heavy (non-hydrogen) atoms. The van der Waals surface area contributed by atoms with Gasteiger partial charge in [0, 0.05) is 16.8 Å². The van der Waals surface area contributed by atoms with Gasteiger partial charge in [0.25, 0.3) is 0 Å². The minimum atomic E-state index is -0.395. The lowest BCUT2D eigenvalue weighted by Gasteiger charge is -2.36. The van der Waals surface area contributed by atoms with Crippen LogP contribution in [0.4, 0.5) is 10.1 Å². The highest BCUT2D eigenvalue weighted by molar-refractivity contribution is 7.15. The molecule has 1 aromatic heterocycles. The minimum Gasteiger partial charge on any atom is -0.465 e. The number of rotatable bonds is 10. The number of halogens is 1. The number of esters is 1. The summed E-state index contributed by atoms with van der Waals surface area (Å²) >= 11 is 1.44. The van der Waals surface area contributed by atoms with E-state index in [1.165, 1.54) is 30.4 Å². The number of thiophene rings is 1. The van der Waals surface area contributed by atoms with Gasteiger partial charge in [-0.25, -0.2) is 4.79 Å². The van der Waals surface area contributed by atoms with Crippen LogP contribution >= 0.6 is 11.3 Å². The molecular formula is C27H40FNO3S. The van der Waals surface area contributed by atoms with Gasteiger partial charge in [-0.1, -0.05) is 26.3 Å². The first-order chi connectivity index (χ1) is 16.0. The summed E-state index contributed by atoms with van der Waals surface area (Å²) in [5, 5.41) is 0. The van der Waals surface area contributed by atoms with Gasteiger partial charge >= 0.3 is 5.97 Å². The van der Waals surface area contributed by atoms with Crippen molar-refractivity contribution < 1.29 is 18.7 Å². The second-order valence-corrected chi connectivity index (χ2v) is 10.8. The van der Waals surface area contributed by atoms with Crippen LogP contribution in [0, 0.1) is 11.8 Å². The molecule has 1 atom stereocenters. The van der Waals surface area contributed by atoms with Crippen molar-refractivity contribution in [3.63, 3.8) is 0 Å². The van der Waals surface area contributed by atoms with Crippen LogP contribution in [0.5, 0.6) is 0 Å². The van der Waals surface area contributed by atoms with Crippen molar-refractivity contribution in [1.82, 2.24) is 0 Å². The van der Waals surface area contributed by atoms with Crippen molar-refractivity contribution in [3.8, 4) is 0 Å². The van der Waals surface area contributed by atoms with Crippen molar-refractivity contribution in [2.45, 2.75) is 96.9 Å². The van der Waals surface area contributed by atoms with E-state index < -0.39 is 12.6 Å². The standard InChI is InChI=1S/C27H40FNO3S/c1-4-9-22(12-8-17-28)29(26(30)21-15-13-19(2)14-16-21)23-18-24(20-10-6-5-7-11-20)33-25(23)27(31)32-3/h10,18-19,21-22H,4-9,11-17H2,1-3H3. The molecule has 1 heterocycles. The summed E-state index contributed by atoms with van der Waals surface area (Å²) in [6, 6.07) is 1.93. The zero-order valence-corrected chi connectivity index (χ0v) is 21.4. The molecule has 0 saturated heterocycles. The van der Waals surface area contributed by atoms with E-state index in [4.69, 9.17) is 4.74 Å². The quantitative estimate of drug-likeness (QED) is 0.326. The summed E-state index contributed by atoms with van der Waals surface area (Å²) in [5.41, 5.74) is 1.94. The van der Waals surface area contributed by atoms with Gasteiger partial charge in [0.2, 0.25) is 5.91 Å². The lowest BCUT2D eigenvalue weighted by Crippen LogP contribution is -2.45. The van der Waals surface area contributed by atoms with Gasteiger partial charge in [0.1, 0.15) is 4.88 Å². The lowest BCUT2D eigenvalue weighted by atomic mass is 9.82. The van der Waals surface area contributed by atoms with E-state index in [1.807, 2.05) is 11.0 Å². The van der Waals surface area contributed by atoms with Crippen LogP contribution in [0.3, 0.4) is 0 Å². The molecule has 6 heteroatoms. The summed E-state index contributed by atoms with van der Waals surface area (Å²) in [5.74, 6) is 0.325. The van der Waals surface area contributed by atoms with Crippen LogP contribution in [-0.2, 0) is 9.53 Å². The minimum absolute atomic E-state index is 0.0336. The number of hydrogen-bond donors (Lipinski definition) is 0. The monoisotopic (exact) mass is 477 g/mol. The summed E-state index contributed by atoms with van der Waals surface area (Å²) in [6.07, 6.45) is 13.2. The van der Waals surface area contributed by atoms with Crippen LogP contribution in [0.15, 0.2) is 12.1 Å². The third-order valence-electron chi connectivity index (χ3n) is 7.21. The molecule has 0 radical (unpaired) electrons. The Balaban J connectivity index is 2.05. The van der Waals surface area contributed by atoms with Gasteiger partial charge in [-0.05, 0) is 88.2 Å². The molecule has 4 nitrogen and oxygen atoms in total. The normalized spacial score (nSPS) is 21.9. The fraction of sp³-hybridized carbons (Fsp3) is 0.704. The highest BCUT2D eigenvalue weighted by atomic mass is 32.1. The van der Waals surface area contributed by atoms with Crippen LogP contribution in [0.25, 0.3) is 5.57 Å². The fourth-order valence-corrected chi connectivity index (χ4v) is 6.40. The van der Waals surface area contributed by atoms with Gasteiger partial charge in [-0.15, -0.1) is 11.3 Å². The third kappa shape index (κ3) is 6.46. The molecular weight excluding hydrogens is 437 g/mol. The predicted molar refractivity (Wildman–Crippen MR) is 135 cm³/mol. The predicted octanol–water partition coefficient (Wildman–Crippen LogP) is 7.57. The first-order valence-electron chi connectivity index (χ1n) is 12.8. The van der Waals surface area contributed by atoms with Crippen molar-refractivity contribution in [1.29, 1.82) is 0 Å². The van der Waals surface area contributed by atoms with E-state index in [2.05, 4.69) is 19.9 Å². The maximum absolute atomic E-state index is 14.0. The van der Waals surface area contributed by atoms with Crippen LogP contribution in [-0.4, -0.2) is 31.7 Å². The van der Waals surface area contributed by atoms with Gasteiger partial charge in [0.05, 0.1) is 19.5 Å². The van der Waals surface area contributed by atoms with Crippen molar-refractivity contribution >= 4 is 34.5 Å². The Kier molecular flexibility index (Phi) is 9.96. The van der Waals surface area contributed by atoms with Gasteiger partial charge in [-0.3, -0.25) is 9.18 Å². The van der Waals surface area contributed by atoms with Crippen molar-refractivity contribution in [2.75, 3.05) is 18.7 Å². The largest absolute Gasteiger partial charge is 0.465 e. The zero-order valence-electron chi connectivity index (χ0n) is 20.5. The number of ether oxygens (including phenoxy) is 1. The number of amides is 1. The Morgan fingerprint density at radius 3 is 2.58 bits per heavy atom. The summed E-state index contributed by atoms with van der Waals surface area (Å²) in [4.78, 5) is 30.3. The molecule has 0 aromatic carbocycles. The molecule has 1 saturated carbocycles. The average Bonchev–Trinajstić information content (AvgIpc) is 3.28.